The summed E-state index contributed by atoms with van der Waals surface area (Å²) in [7, 11) is 0. The number of aliphatic carboxylic acids is 1. The van der Waals surface area contributed by atoms with Gasteiger partial charge in [-0.3, -0.25) is 19.2 Å². The number of thioether (sulfide) groups is 1. The number of hydrogen-bond donors (Lipinski definition) is 7. The van der Waals surface area contributed by atoms with Gasteiger partial charge in [0.05, 0.1) is 12.6 Å². The third kappa shape index (κ3) is 11.2. The normalized spacial score (nSPS) is 14.1. The van der Waals surface area contributed by atoms with Crippen molar-refractivity contribution in [2.75, 3.05) is 18.6 Å². The predicted octanol–water partition coefficient (Wildman–Crippen LogP) is -1.89. The molecule has 0 saturated heterocycles. The van der Waals surface area contributed by atoms with E-state index < -0.39 is 60.4 Å². The number of rotatable bonds is 16. The number of benzene rings is 1. The van der Waals surface area contributed by atoms with Gasteiger partial charge in [-0.2, -0.15) is 11.8 Å². The third-order valence-corrected chi connectivity index (χ3v) is 5.63. The van der Waals surface area contributed by atoms with Crippen LogP contribution in [0.3, 0.4) is 0 Å². The first-order valence-electron chi connectivity index (χ1n) is 10.9. The van der Waals surface area contributed by atoms with Gasteiger partial charge in [0.1, 0.15) is 18.1 Å². The van der Waals surface area contributed by atoms with Crippen LogP contribution >= 0.6 is 11.8 Å². The van der Waals surface area contributed by atoms with E-state index in [1.165, 1.54) is 11.8 Å². The van der Waals surface area contributed by atoms with Crippen molar-refractivity contribution >= 4 is 41.4 Å². The van der Waals surface area contributed by atoms with Crippen molar-refractivity contribution < 1.29 is 34.2 Å². The Morgan fingerprint density at radius 1 is 0.914 bits per heavy atom. The number of carbonyl (C=O) groups is 5. The molecule has 1 aromatic carbocycles. The fourth-order valence-electron chi connectivity index (χ4n) is 3.03. The number of primary amides is 1. The Kier molecular flexibility index (Phi) is 13.4. The predicted molar refractivity (Wildman–Crippen MR) is 130 cm³/mol. The number of aliphatic hydroxyl groups is 1. The fraction of sp³-hybridized carbons (Fsp3) is 0.500. The first kappa shape index (κ1) is 29.9. The minimum Gasteiger partial charge on any atom is -0.480 e. The van der Waals surface area contributed by atoms with Gasteiger partial charge in [0, 0.05) is 6.42 Å². The summed E-state index contributed by atoms with van der Waals surface area (Å²) < 4.78 is 0. The molecule has 0 radical (unpaired) electrons. The monoisotopic (exact) mass is 511 g/mol. The van der Waals surface area contributed by atoms with Gasteiger partial charge in [-0.25, -0.2) is 4.79 Å². The maximum atomic E-state index is 12.7. The van der Waals surface area contributed by atoms with Crippen LogP contribution in [0.1, 0.15) is 24.8 Å². The van der Waals surface area contributed by atoms with Gasteiger partial charge in [-0.15, -0.1) is 0 Å². The zero-order valence-corrected chi connectivity index (χ0v) is 20.3. The van der Waals surface area contributed by atoms with Crippen LogP contribution in [0.25, 0.3) is 0 Å². The highest BCUT2D eigenvalue weighted by Crippen LogP contribution is 2.05. The van der Waals surface area contributed by atoms with Crippen LogP contribution < -0.4 is 27.4 Å². The highest BCUT2D eigenvalue weighted by atomic mass is 32.2. The van der Waals surface area contributed by atoms with Crippen molar-refractivity contribution in [1.29, 1.82) is 0 Å². The zero-order chi connectivity index (χ0) is 26.4. The highest BCUT2D eigenvalue weighted by Gasteiger charge is 2.30. The van der Waals surface area contributed by atoms with Crippen molar-refractivity contribution in [3.8, 4) is 0 Å². The summed E-state index contributed by atoms with van der Waals surface area (Å²) in [6, 6.07) is 4.14. The van der Waals surface area contributed by atoms with E-state index >= 15 is 0 Å². The number of carbonyl (C=O) groups excluding carboxylic acids is 4. The van der Waals surface area contributed by atoms with E-state index in [4.69, 9.17) is 11.5 Å². The second-order valence-electron chi connectivity index (χ2n) is 7.79. The Morgan fingerprint density at radius 3 is 2.03 bits per heavy atom. The summed E-state index contributed by atoms with van der Waals surface area (Å²) in [5.41, 5.74) is 11.8. The van der Waals surface area contributed by atoms with E-state index in [9.17, 15) is 34.2 Å². The van der Waals surface area contributed by atoms with Crippen molar-refractivity contribution in [1.82, 2.24) is 16.0 Å². The van der Waals surface area contributed by atoms with Crippen LogP contribution in [0.15, 0.2) is 30.3 Å². The van der Waals surface area contributed by atoms with Crippen molar-refractivity contribution in [3.63, 3.8) is 0 Å². The quantitative estimate of drug-likeness (QED) is 0.132. The summed E-state index contributed by atoms with van der Waals surface area (Å²) in [5, 5.41) is 26.1. The Hall–Kier alpha value is -3.16. The van der Waals surface area contributed by atoms with Gasteiger partial charge >= 0.3 is 5.97 Å². The first-order valence-corrected chi connectivity index (χ1v) is 12.3. The third-order valence-electron chi connectivity index (χ3n) is 4.99. The van der Waals surface area contributed by atoms with Gasteiger partial charge in [0.2, 0.25) is 23.6 Å². The molecular weight excluding hydrogens is 478 g/mol. The Balaban J connectivity index is 2.81. The zero-order valence-electron chi connectivity index (χ0n) is 19.4. The SMILES string of the molecule is CSCCC(NC(=O)C(CO)NC(=O)C(N)Cc1ccccc1)C(=O)NC(CCC(N)=O)C(=O)O. The molecular formula is C22H33N5O7S. The smallest absolute Gasteiger partial charge is 0.326 e. The number of amides is 4. The number of aliphatic hydroxyl groups excluding tert-OH is 1. The van der Waals surface area contributed by atoms with E-state index in [2.05, 4.69) is 16.0 Å². The molecule has 0 bridgehead atoms. The molecule has 4 atom stereocenters. The van der Waals surface area contributed by atoms with Crippen molar-refractivity contribution in [2.24, 2.45) is 11.5 Å². The lowest BCUT2D eigenvalue weighted by atomic mass is 10.1. The van der Waals surface area contributed by atoms with Crippen LogP contribution in [0.4, 0.5) is 0 Å². The average molecular weight is 512 g/mol. The molecule has 4 amide bonds. The number of nitrogens with one attached hydrogen (secondary N) is 3. The van der Waals surface area contributed by atoms with E-state index in [0.717, 1.165) is 5.56 Å². The summed E-state index contributed by atoms with van der Waals surface area (Å²) in [4.78, 5) is 60.3. The second-order valence-corrected chi connectivity index (χ2v) is 8.77. The fourth-order valence-corrected chi connectivity index (χ4v) is 3.50. The summed E-state index contributed by atoms with van der Waals surface area (Å²) in [5.74, 6) is -3.90. The van der Waals surface area contributed by atoms with Crippen LogP contribution in [0.2, 0.25) is 0 Å². The molecule has 0 aromatic heterocycles. The maximum absolute atomic E-state index is 12.7. The molecule has 0 spiro atoms. The van der Waals surface area contributed by atoms with E-state index in [1.807, 2.05) is 6.07 Å². The molecule has 13 heteroatoms. The van der Waals surface area contributed by atoms with Gasteiger partial charge in [0.15, 0.2) is 0 Å². The van der Waals surface area contributed by atoms with Gasteiger partial charge in [0.25, 0.3) is 0 Å². The minimum atomic E-state index is -1.38. The molecule has 0 aliphatic rings. The van der Waals surface area contributed by atoms with Crippen LogP contribution in [0.5, 0.6) is 0 Å². The van der Waals surface area contributed by atoms with Gasteiger partial charge < -0.3 is 37.6 Å². The number of carboxylic acid groups (broad SMARTS) is 1. The van der Waals surface area contributed by atoms with Crippen LogP contribution in [0, 0.1) is 0 Å². The van der Waals surface area contributed by atoms with E-state index in [-0.39, 0.29) is 25.7 Å². The van der Waals surface area contributed by atoms with Gasteiger partial charge in [-0.1, -0.05) is 30.3 Å². The minimum absolute atomic E-state index is 0.153. The molecule has 0 aliphatic heterocycles. The molecule has 12 nitrogen and oxygen atoms in total. The topological polar surface area (TPSA) is 214 Å². The largest absolute Gasteiger partial charge is 0.480 e. The molecule has 4 unspecified atom stereocenters. The van der Waals surface area contributed by atoms with E-state index in [0.29, 0.717) is 5.75 Å². The number of carboxylic acids is 1. The number of hydrogen-bond acceptors (Lipinski definition) is 8. The highest BCUT2D eigenvalue weighted by molar-refractivity contribution is 7.98. The molecule has 9 N–H and O–H groups in total. The lowest BCUT2D eigenvalue weighted by Crippen LogP contribution is -2.58. The maximum Gasteiger partial charge on any atom is 0.326 e. The van der Waals surface area contributed by atoms with Crippen LogP contribution in [-0.2, 0) is 30.4 Å². The van der Waals surface area contributed by atoms with Crippen LogP contribution in [-0.4, -0.2) is 82.6 Å². The Morgan fingerprint density at radius 2 is 1.49 bits per heavy atom. The molecule has 0 heterocycles. The second kappa shape index (κ2) is 15.7. The molecule has 1 aromatic rings. The first-order chi connectivity index (χ1) is 16.6. The van der Waals surface area contributed by atoms with Crippen molar-refractivity contribution in [3.05, 3.63) is 35.9 Å². The molecule has 194 valence electrons. The molecule has 0 saturated carbocycles. The summed E-state index contributed by atoms with van der Waals surface area (Å²) in [6.07, 6.45) is 1.69. The van der Waals surface area contributed by atoms with E-state index in [1.54, 1.807) is 30.5 Å². The standard InChI is InChI=1S/C22H33N5O7S/c1-35-10-9-15(20(31)26-16(22(33)34)7-8-18(24)29)25-21(32)17(12-28)27-19(30)14(23)11-13-5-3-2-4-6-13/h2-6,14-17,28H,7-12,23H2,1H3,(H2,24,29)(H,25,32)(H,26,31)(H,27,30)(H,33,34). The molecule has 1 rings (SSSR count). The molecule has 0 fully saturated rings. The molecule has 0 aliphatic carbocycles. The van der Waals surface area contributed by atoms with Crippen molar-refractivity contribution in [2.45, 2.75) is 49.9 Å². The lowest BCUT2D eigenvalue weighted by molar-refractivity contribution is -0.142. The lowest BCUT2D eigenvalue weighted by Gasteiger charge is -2.24. The average Bonchev–Trinajstić information content (AvgIpc) is 2.82. The molecule has 35 heavy (non-hydrogen) atoms. The van der Waals surface area contributed by atoms with Gasteiger partial charge in [-0.05, 0) is 36.8 Å². The Labute approximate surface area is 207 Å². The summed E-state index contributed by atoms with van der Waals surface area (Å²) >= 11 is 1.40. The summed E-state index contributed by atoms with van der Waals surface area (Å²) in [6.45, 7) is -0.747. The number of nitrogens with two attached hydrogens (primary N) is 2. The Bertz CT molecular complexity index is 871.